The number of carbonyl (C=O) groups excluding carboxylic acids is 3. The number of ether oxygens (including phenoxy) is 4. The molecule has 0 spiro atoms. The van der Waals surface area contributed by atoms with Gasteiger partial charge in [0.25, 0.3) is 0 Å². The van der Waals surface area contributed by atoms with E-state index in [4.69, 9.17) is 18.9 Å². The van der Waals surface area contributed by atoms with Gasteiger partial charge in [0, 0.05) is 5.69 Å². The largest absolute Gasteiger partial charge is 0.490 e. The normalized spacial score (nSPS) is 10.5. The number of Topliss-reactive ketones (excluding diaryl/α,β-unsaturated/α-hetero) is 1. The van der Waals surface area contributed by atoms with Crippen LogP contribution in [0.15, 0.2) is 18.2 Å². The van der Waals surface area contributed by atoms with Crippen molar-refractivity contribution in [2.75, 3.05) is 26.4 Å². The first-order valence-electron chi connectivity index (χ1n) is 10.3. The van der Waals surface area contributed by atoms with E-state index in [2.05, 4.69) is 4.98 Å². The van der Waals surface area contributed by atoms with Gasteiger partial charge in [-0.2, -0.15) is 0 Å². The number of rotatable bonds is 11. The fourth-order valence-electron chi connectivity index (χ4n) is 3.06. The van der Waals surface area contributed by atoms with Crippen LogP contribution in [0.4, 0.5) is 0 Å². The van der Waals surface area contributed by atoms with Crippen LogP contribution in [0.3, 0.4) is 0 Å². The smallest absolute Gasteiger partial charge is 0.340 e. The van der Waals surface area contributed by atoms with Gasteiger partial charge in [-0.25, -0.2) is 9.59 Å². The Bertz CT molecular complexity index is 946. The Morgan fingerprint density at radius 3 is 2.29 bits per heavy atom. The molecule has 1 heterocycles. The number of carbonyl (C=O) groups is 3. The molecule has 0 unspecified atom stereocenters. The third-order valence-electron chi connectivity index (χ3n) is 4.47. The molecular formula is C23H29NO7. The Balaban J connectivity index is 2.10. The number of hydrogen-bond acceptors (Lipinski definition) is 7. The van der Waals surface area contributed by atoms with Crippen molar-refractivity contribution in [1.29, 1.82) is 0 Å². The summed E-state index contributed by atoms with van der Waals surface area (Å²) in [7, 11) is 0. The fraction of sp³-hybridized carbons (Fsp3) is 0.435. The maximum Gasteiger partial charge on any atom is 0.340 e. The lowest BCUT2D eigenvalue weighted by molar-refractivity contribution is 0.0471. The quantitative estimate of drug-likeness (QED) is 0.423. The molecule has 0 amide bonds. The summed E-state index contributed by atoms with van der Waals surface area (Å²) < 4.78 is 21.4. The van der Waals surface area contributed by atoms with Crippen molar-refractivity contribution >= 4 is 17.7 Å². The van der Waals surface area contributed by atoms with Crippen molar-refractivity contribution in [3.05, 3.63) is 46.3 Å². The summed E-state index contributed by atoms with van der Waals surface area (Å²) in [4.78, 5) is 40.0. The molecule has 2 rings (SSSR count). The minimum Gasteiger partial charge on any atom is -0.490 e. The van der Waals surface area contributed by atoms with E-state index in [9.17, 15) is 14.4 Å². The first-order valence-corrected chi connectivity index (χ1v) is 10.3. The van der Waals surface area contributed by atoms with Gasteiger partial charge in [-0.15, -0.1) is 0 Å². The zero-order valence-electron chi connectivity index (χ0n) is 18.6. The van der Waals surface area contributed by atoms with Gasteiger partial charge in [0.05, 0.1) is 36.6 Å². The van der Waals surface area contributed by atoms with Crippen LogP contribution < -0.4 is 9.47 Å². The van der Waals surface area contributed by atoms with Crippen molar-refractivity contribution in [1.82, 2.24) is 4.98 Å². The molecule has 0 saturated heterocycles. The molecule has 0 aliphatic carbocycles. The van der Waals surface area contributed by atoms with Gasteiger partial charge < -0.3 is 23.9 Å². The van der Waals surface area contributed by atoms with Crippen LogP contribution in [0.25, 0.3) is 0 Å². The molecule has 8 nitrogen and oxygen atoms in total. The second-order valence-corrected chi connectivity index (χ2v) is 6.79. The highest BCUT2D eigenvalue weighted by atomic mass is 16.5. The number of esters is 2. The Morgan fingerprint density at radius 2 is 1.65 bits per heavy atom. The van der Waals surface area contributed by atoms with E-state index < -0.39 is 24.3 Å². The van der Waals surface area contributed by atoms with Crippen LogP contribution in [0, 0.1) is 13.8 Å². The van der Waals surface area contributed by atoms with Crippen LogP contribution in [0.2, 0.25) is 0 Å². The maximum atomic E-state index is 12.6. The molecule has 2 aromatic rings. The van der Waals surface area contributed by atoms with Crippen molar-refractivity contribution < 1.29 is 33.3 Å². The van der Waals surface area contributed by atoms with Gasteiger partial charge in [-0.1, -0.05) is 6.92 Å². The summed E-state index contributed by atoms with van der Waals surface area (Å²) in [5.41, 5.74) is 1.77. The summed E-state index contributed by atoms with van der Waals surface area (Å²) in [5.74, 6) is -0.633. The highest BCUT2D eigenvalue weighted by Gasteiger charge is 2.24. The molecule has 1 aromatic heterocycles. The monoisotopic (exact) mass is 431 g/mol. The van der Waals surface area contributed by atoms with Gasteiger partial charge >= 0.3 is 11.9 Å². The molecule has 0 bridgehead atoms. The molecular weight excluding hydrogens is 402 g/mol. The van der Waals surface area contributed by atoms with E-state index in [1.165, 1.54) is 6.07 Å². The van der Waals surface area contributed by atoms with E-state index in [1.807, 2.05) is 13.8 Å². The van der Waals surface area contributed by atoms with Gasteiger partial charge in [-0.05, 0) is 57.9 Å². The van der Waals surface area contributed by atoms with Crippen LogP contribution in [0.1, 0.15) is 69.7 Å². The number of aromatic amines is 1. The molecule has 0 fully saturated rings. The van der Waals surface area contributed by atoms with Gasteiger partial charge in [0.2, 0.25) is 5.78 Å². The summed E-state index contributed by atoms with van der Waals surface area (Å²) >= 11 is 0. The number of H-pyrrole nitrogens is 1. The molecule has 0 saturated carbocycles. The van der Waals surface area contributed by atoms with Gasteiger partial charge in [0.15, 0.2) is 18.1 Å². The number of hydrogen-bond donors (Lipinski definition) is 1. The summed E-state index contributed by atoms with van der Waals surface area (Å²) in [5, 5.41) is 0. The minimum atomic E-state index is -0.664. The van der Waals surface area contributed by atoms with E-state index in [-0.39, 0.29) is 17.9 Å². The van der Waals surface area contributed by atoms with Crippen LogP contribution in [-0.2, 0) is 9.47 Å². The first kappa shape index (κ1) is 24.0. The number of aromatic nitrogens is 1. The fourth-order valence-corrected chi connectivity index (χ4v) is 3.06. The number of nitrogens with one attached hydrogen (secondary N) is 1. The highest BCUT2D eigenvalue weighted by molar-refractivity contribution is 6.03. The number of ketones is 1. The average Bonchev–Trinajstić information content (AvgIpc) is 3.05. The predicted molar refractivity (Wildman–Crippen MR) is 114 cm³/mol. The molecule has 8 heteroatoms. The minimum absolute atomic E-state index is 0.215. The summed E-state index contributed by atoms with van der Waals surface area (Å²) in [6.07, 6.45) is 0.840. The Morgan fingerprint density at radius 1 is 0.903 bits per heavy atom. The zero-order valence-corrected chi connectivity index (χ0v) is 18.6. The summed E-state index contributed by atoms with van der Waals surface area (Å²) in [6, 6.07) is 4.73. The van der Waals surface area contributed by atoms with Crippen molar-refractivity contribution in [3.63, 3.8) is 0 Å². The lowest BCUT2D eigenvalue weighted by atomic mass is 10.1. The third-order valence-corrected chi connectivity index (χ3v) is 4.47. The average molecular weight is 431 g/mol. The molecule has 0 aliphatic heterocycles. The van der Waals surface area contributed by atoms with Crippen LogP contribution >= 0.6 is 0 Å². The first-order chi connectivity index (χ1) is 14.8. The zero-order chi connectivity index (χ0) is 23.0. The summed E-state index contributed by atoms with van der Waals surface area (Å²) in [6.45, 7) is 9.56. The maximum absolute atomic E-state index is 12.6. The molecule has 0 atom stereocenters. The van der Waals surface area contributed by atoms with E-state index >= 15 is 0 Å². The van der Waals surface area contributed by atoms with Crippen molar-refractivity contribution in [2.45, 2.75) is 41.0 Å². The molecule has 1 N–H and O–H groups in total. The molecule has 0 aliphatic rings. The van der Waals surface area contributed by atoms with E-state index in [1.54, 1.807) is 32.9 Å². The molecule has 1 aromatic carbocycles. The Kier molecular flexibility index (Phi) is 8.66. The van der Waals surface area contributed by atoms with Crippen molar-refractivity contribution in [2.24, 2.45) is 0 Å². The third kappa shape index (κ3) is 5.87. The highest BCUT2D eigenvalue weighted by Crippen LogP contribution is 2.29. The topological polar surface area (TPSA) is 104 Å². The lowest BCUT2D eigenvalue weighted by Crippen LogP contribution is -2.16. The Labute approximate surface area is 181 Å². The molecule has 0 radical (unpaired) electrons. The second kappa shape index (κ2) is 11.2. The van der Waals surface area contributed by atoms with E-state index in [0.717, 1.165) is 6.42 Å². The molecule has 168 valence electrons. The second-order valence-electron chi connectivity index (χ2n) is 6.79. The standard InChI is InChI=1S/C23H29NO7/c1-6-11-30-18-10-9-16(12-19(18)28-7-2)22(26)31-13-17(25)21-14(4)20(15(5)24-21)23(27)29-8-3/h9-10,12,24H,6-8,11,13H2,1-5H3. The lowest BCUT2D eigenvalue weighted by Gasteiger charge is -2.12. The van der Waals surface area contributed by atoms with E-state index in [0.29, 0.717) is 41.5 Å². The van der Waals surface area contributed by atoms with Crippen LogP contribution in [-0.4, -0.2) is 49.1 Å². The van der Waals surface area contributed by atoms with Crippen molar-refractivity contribution in [3.8, 4) is 11.5 Å². The van der Waals surface area contributed by atoms with Crippen LogP contribution in [0.5, 0.6) is 11.5 Å². The van der Waals surface area contributed by atoms with Gasteiger partial charge in [0.1, 0.15) is 0 Å². The predicted octanol–water partition coefficient (Wildman–Crippen LogP) is 4.04. The Hall–Kier alpha value is -3.29. The molecule has 31 heavy (non-hydrogen) atoms. The number of benzene rings is 1. The van der Waals surface area contributed by atoms with Gasteiger partial charge in [-0.3, -0.25) is 4.79 Å². The number of aryl methyl sites for hydroxylation is 1. The SMILES string of the molecule is CCCOc1ccc(C(=O)OCC(=O)c2[nH]c(C)c(C(=O)OCC)c2C)cc1OCC.